The lowest BCUT2D eigenvalue weighted by molar-refractivity contribution is -0.117. The number of benzene rings is 3. The molecule has 5 nitrogen and oxygen atoms in total. The van der Waals surface area contributed by atoms with E-state index >= 15 is 0 Å². The first-order valence-electron chi connectivity index (χ1n) is 10.5. The smallest absolute Gasteiger partial charge is 0.269 e. The first kappa shape index (κ1) is 24.8. The Hall–Kier alpha value is -3.31. The first-order valence-corrected chi connectivity index (χ1v) is 12.1. The number of aryl methyl sites for hydroxylation is 1. The van der Waals surface area contributed by atoms with Gasteiger partial charge in [0, 0.05) is 11.4 Å². The minimum atomic E-state index is -0.693. The van der Waals surface area contributed by atoms with Crippen LogP contribution in [0.25, 0.3) is 0 Å². The van der Waals surface area contributed by atoms with Crippen molar-refractivity contribution in [3.05, 3.63) is 104 Å². The summed E-state index contributed by atoms with van der Waals surface area (Å²) in [7, 11) is 0. The van der Waals surface area contributed by atoms with Crippen LogP contribution in [0.4, 0.5) is 15.8 Å². The fourth-order valence-corrected chi connectivity index (χ4v) is 5.15. The predicted octanol–water partition coefficient (Wildman–Crippen LogP) is 6.51. The molecule has 1 atom stereocenters. The number of carbonyl (C=O) groups excluding carboxylic acids is 2. The van der Waals surface area contributed by atoms with Gasteiger partial charge in [0.2, 0.25) is 5.91 Å². The average Bonchev–Trinajstić information content (AvgIpc) is 3.14. The van der Waals surface area contributed by atoms with Crippen LogP contribution in [0, 0.1) is 24.1 Å². The highest BCUT2D eigenvalue weighted by atomic mass is 35.5. The molecule has 0 radical (unpaired) electrons. The molecule has 1 heterocycles. The molecule has 35 heavy (non-hydrogen) atoms. The van der Waals surface area contributed by atoms with Crippen LogP contribution in [-0.2, 0) is 16.0 Å². The number of rotatable bonds is 5. The third-order valence-corrected chi connectivity index (χ3v) is 7.31. The summed E-state index contributed by atoms with van der Waals surface area (Å²) in [6, 6.07) is 19.5. The molecule has 9 heteroatoms. The molecular weight excluding hydrogens is 508 g/mol. The number of thioether (sulfide) groups is 1. The van der Waals surface area contributed by atoms with Crippen molar-refractivity contribution in [2.24, 2.45) is 0 Å². The third kappa shape index (κ3) is 5.51. The molecule has 0 saturated carbocycles. The molecular formula is C26H18Cl2FN3O2S. The van der Waals surface area contributed by atoms with E-state index in [4.69, 9.17) is 23.2 Å². The second kappa shape index (κ2) is 10.5. The molecule has 176 valence electrons. The second-order valence-electron chi connectivity index (χ2n) is 7.82. The van der Waals surface area contributed by atoms with Gasteiger partial charge in [-0.2, -0.15) is 5.26 Å². The maximum Gasteiger partial charge on any atom is 0.269 e. The molecule has 1 fully saturated rings. The van der Waals surface area contributed by atoms with Crippen molar-refractivity contribution in [3.63, 3.8) is 0 Å². The Kier molecular flexibility index (Phi) is 7.46. The van der Waals surface area contributed by atoms with Crippen molar-refractivity contribution in [2.75, 3.05) is 10.2 Å². The second-order valence-corrected chi connectivity index (χ2v) is 9.83. The van der Waals surface area contributed by atoms with Gasteiger partial charge in [-0.05, 0) is 67.4 Å². The van der Waals surface area contributed by atoms with Crippen molar-refractivity contribution in [1.29, 1.82) is 5.26 Å². The Morgan fingerprint density at radius 2 is 1.77 bits per heavy atom. The van der Waals surface area contributed by atoms with Gasteiger partial charge in [0.1, 0.15) is 22.5 Å². The lowest BCUT2D eigenvalue weighted by Crippen LogP contribution is -2.30. The number of amides is 2. The van der Waals surface area contributed by atoms with E-state index in [1.54, 1.807) is 30.3 Å². The van der Waals surface area contributed by atoms with Gasteiger partial charge in [-0.15, -0.1) is 0 Å². The molecule has 1 aliphatic heterocycles. The number of hydrogen-bond acceptors (Lipinski definition) is 4. The van der Waals surface area contributed by atoms with Gasteiger partial charge in [0.05, 0.1) is 15.3 Å². The van der Waals surface area contributed by atoms with Gasteiger partial charge >= 0.3 is 0 Å². The Bertz CT molecular complexity index is 1370. The van der Waals surface area contributed by atoms with Crippen molar-refractivity contribution >= 4 is 58.2 Å². The number of carbonyl (C=O) groups is 2. The largest absolute Gasteiger partial charge is 0.321 e. The summed E-state index contributed by atoms with van der Waals surface area (Å²) < 4.78 is 13.2. The molecule has 3 aromatic carbocycles. The fraction of sp³-hybridized carbons (Fsp3) is 0.115. The zero-order valence-electron chi connectivity index (χ0n) is 18.4. The summed E-state index contributed by atoms with van der Waals surface area (Å²) >= 11 is 13.3. The molecule has 0 aromatic heterocycles. The molecule has 1 aliphatic rings. The lowest BCUT2D eigenvalue weighted by Gasteiger charge is -2.19. The van der Waals surface area contributed by atoms with E-state index in [1.807, 2.05) is 25.1 Å². The van der Waals surface area contributed by atoms with Gasteiger partial charge in [-0.3, -0.25) is 14.5 Å². The molecule has 0 bridgehead atoms. The van der Waals surface area contributed by atoms with Crippen molar-refractivity contribution < 1.29 is 14.0 Å². The standard InChI is InChI=1S/C26H18Cl2FN3O2S/c1-15-2-9-19(10-3-15)32-25(34)23(13-16-4-11-21(27)22(28)12-16)35-26(32)20(14-30)24(33)31-18-7-5-17(29)6-8-18/h2-12,23H,13H2,1H3,(H,31,33)/b26-20-/t23-/m1/s1. The van der Waals surface area contributed by atoms with Crippen LogP contribution < -0.4 is 10.2 Å². The maximum atomic E-state index is 13.5. The highest BCUT2D eigenvalue weighted by molar-refractivity contribution is 8.05. The third-order valence-electron chi connectivity index (χ3n) is 5.30. The van der Waals surface area contributed by atoms with Crippen LogP contribution in [-0.4, -0.2) is 17.1 Å². The normalized spacial score (nSPS) is 16.7. The monoisotopic (exact) mass is 525 g/mol. The van der Waals surface area contributed by atoms with E-state index in [0.717, 1.165) is 22.9 Å². The van der Waals surface area contributed by atoms with Crippen molar-refractivity contribution in [1.82, 2.24) is 0 Å². The Morgan fingerprint density at radius 1 is 1.09 bits per heavy atom. The zero-order chi connectivity index (χ0) is 25.1. The lowest BCUT2D eigenvalue weighted by atomic mass is 10.1. The number of anilines is 2. The van der Waals surface area contributed by atoms with E-state index in [-0.39, 0.29) is 16.5 Å². The fourth-order valence-electron chi connectivity index (χ4n) is 3.52. The van der Waals surface area contributed by atoms with Gasteiger partial charge in [-0.25, -0.2) is 4.39 Å². The molecule has 1 saturated heterocycles. The summed E-state index contributed by atoms with van der Waals surface area (Å²) in [5.41, 5.74) is 2.45. The summed E-state index contributed by atoms with van der Waals surface area (Å²) in [5.74, 6) is -1.40. The average molecular weight is 526 g/mol. The highest BCUT2D eigenvalue weighted by Crippen LogP contribution is 2.42. The summed E-state index contributed by atoms with van der Waals surface area (Å²) in [5, 5.41) is 12.9. The number of nitrogens with zero attached hydrogens (tertiary/aromatic N) is 2. The van der Waals surface area contributed by atoms with Gasteiger partial charge in [0.15, 0.2) is 0 Å². The van der Waals surface area contributed by atoms with Crippen molar-refractivity contribution in [2.45, 2.75) is 18.6 Å². The van der Waals surface area contributed by atoms with Crippen LogP contribution in [0.3, 0.4) is 0 Å². The SMILES string of the molecule is Cc1ccc(N2C(=O)[C@@H](Cc3ccc(Cl)c(Cl)c3)S/C2=C(/C#N)C(=O)Nc2ccc(F)cc2)cc1. The van der Waals surface area contributed by atoms with E-state index in [2.05, 4.69) is 5.32 Å². The van der Waals surface area contributed by atoms with E-state index in [0.29, 0.717) is 27.8 Å². The van der Waals surface area contributed by atoms with Crippen LogP contribution in [0.2, 0.25) is 10.0 Å². The van der Waals surface area contributed by atoms with Crippen molar-refractivity contribution in [3.8, 4) is 6.07 Å². The van der Waals surface area contributed by atoms with Crippen LogP contribution >= 0.6 is 35.0 Å². The van der Waals surface area contributed by atoms with Crippen LogP contribution in [0.15, 0.2) is 77.3 Å². The minimum Gasteiger partial charge on any atom is -0.321 e. The molecule has 0 aliphatic carbocycles. The first-order chi connectivity index (χ1) is 16.8. The minimum absolute atomic E-state index is 0.218. The van der Waals surface area contributed by atoms with E-state index < -0.39 is 17.0 Å². The number of nitrogens with one attached hydrogen (secondary N) is 1. The topological polar surface area (TPSA) is 73.2 Å². The summed E-state index contributed by atoms with van der Waals surface area (Å²) in [4.78, 5) is 28.0. The Labute approximate surface area is 216 Å². The van der Waals surface area contributed by atoms with E-state index in [1.165, 1.54) is 29.2 Å². The maximum absolute atomic E-state index is 13.5. The number of halogens is 3. The quantitative estimate of drug-likeness (QED) is 0.304. The Balaban J connectivity index is 1.72. The van der Waals surface area contributed by atoms with Gasteiger partial charge < -0.3 is 5.32 Å². The molecule has 0 spiro atoms. The zero-order valence-corrected chi connectivity index (χ0v) is 20.7. The highest BCUT2D eigenvalue weighted by Gasteiger charge is 2.40. The molecule has 1 N–H and O–H groups in total. The number of hydrogen-bond donors (Lipinski definition) is 1. The summed E-state index contributed by atoms with van der Waals surface area (Å²) in [6.45, 7) is 1.92. The van der Waals surface area contributed by atoms with E-state index in [9.17, 15) is 19.2 Å². The van der Waals surface area contributed by atoms with Crippen LogP contribution in [0.1, 0.15) is 11.1 Å². The Morgan fingerprint density at radius 3 is 2.40 bits per heavy atom. The molecule has 2 amide bonds. The van der Waals surface area contributed by atoms with Crippen LogP contribution in [0.5, 0.6) is 0 Å². The van der Waals surface area contributed by atoms with Gasteiger partial charge in [0.25, 0.3) is 5.91 Å². The molecule has 3 aromatic rings. The summed E-state index contributed by atoms with van der Waals surface area (Å²) in [6.07, 6.45) is 0.324. The number of nitriles is 1. The molecule has 0 unspecified atom stereocenters. The molecule has 4 rings (SSSR count). The predicted molar refractivity (Wildman–Crippen MR) is 138 cm³/mol. The van der Waals surface area contributed by atoms with Gasteiger partial charge in [-0.1, -0.05) is 58.7 Å².